The van der Waals surface area contributed by atoms with Crippen molar-refractivity contribution < 1.29 is 18.0 Å². The first kappa shape index (κ1) is 29.5. The maximum atomic E-state index is 14.0. The molecule has 0 aliphatic carbocycles. The smallest absolute Gasteiger partial charge is 0.264 e. The number of sulfonamides is 1. The van der Waals surface area contributed by atoms with E-state index < -0.39 is 28.5 Å². The second kappa shape index (κ2) is 12.7. The molecule has 0 spiro atoms. The second-order valence-electron chi connectivity index (χ2n) is 8.88. The zero-order valence-corrected chi connectivity index (χ0v) is 24.1. The number of anilines is 1. The van der Waals surface area contributed by atoms with Crippen molar-refractivity contribution >= 4 is 50.7 Å². The average Bonchev–Trinajstić information content (AvgIpc) is 2.89. The van der Waals surface area contributed by atoms with E-state index in [0.29, 0.717) is 6.42 Å². The van der Waals surface area contributed by atoms with E-state index in [0.717, 1.165) is 21.0 Å². The Bertz CT molecular complexity index is 1410. The molecule has 0 fully saturated rings. The molecule has 202 valence electrons. The van der Waals surface area contributed by atoms with Gasteiger partial charge in [-0.3, -0.25) is 13.9 Å². The largest absolute Gasteiger partial charge is 0.357 e. The third kappa shape index (κ3) is 6.49. The van der Waals surface area contributed by atoms with Gasteiger partial charge in [-0.05, 0) is 55.7 Å². The number of hydrogen-bond donors (Lipinski definition) is 1. The number of nitrogens with zero attached hydrogens (tertiary/aromatic N) is 2. The number of benzene rings is 3. The van der Waals surface area contributed by atoms with E-state index in [2.05, 4.69) is 5.32 Å². The molecule has 0 heterocycles. The van der Waals surface area contributed by atoms with E-state index in [4.69, 9.17) is 23.2 Å². The summed E-state index contributed by atoms with van der Waals surface area (Å²) in [7, 11) is -2.73. The highest BCUT2D eigenvalue weighted by molar-refractivity contribution is 7.92. The lowest BCUT2D eigenvalue weighted by molar-refractivity contribution is -0.140. The zero-order chi connectivity index (χ0) is 28.0. The summed E-state index contributed by atoms with van der Waals surface area (Å²) in [5.74, 6) is -0.904. The van der Waals surface area contributed by atoms with Crippen molar-refractivity contribution in [2.75, 3.05) is 17.9 Å². The van der Waals surface area contributed by atoms with Crippen LogP contribution in [0.2, 0.25) is 10.0 Å². The first-order valence-corrected chi connectivity index (χ1v) is 14.3. The van der Waals surface area contributed by atoms with Crippen LogP contribution < -0.4 is 9.62 Å². The van der Waals surface area contributed by atoms with Crippen LogP contribution in [0.3, 0.4) is 0 Å². The molecule has 1 atom stereocenters. The number of likely N-dealkylation sites (N-methyl/N-ethyl adjacent to an activating group) is 1. The fourth-order valence-electron chi connectivity index (χ4n) is 4.09. The third-order valence-corrected chi connectivity index (χ3v) is 8.90. The Morgan fingerprint density at radius 3 is 2.21 bits per heavy atom. The normalized spacial score (nSPS) is 12.1. The van der Waals surface area contributed by atoms with Crippen LogP contribution in [-0.2, 0) is 26.2 Å². The molecule has 0 aliphatic rings. The van der Waals surface area contributed by atoms with E-state index in [-0.39, 0.29) is 33.1 Å². The average molecular weight is 577 g/mol. The Balaban J connectivity index is 2.12. The number of hydrogen-bond acceptors (Lipinski definition) is 4. The Morgan fingerprint density at radius 2 is 1.61 bits per heavy atom. The van der Waals surface area contributed by atoms with Gasteiger partial charge in [-0.2, -0.15) is 0 Å². The van der Waals surface area contributed by atoms with Crippen molar-refractivity contribution in [2.24, 2.45) is 0 Å². The van der Waals surface area contributed by atoms with E-state index in [1.165, 1.54) is 36.2 Å². The van der Waals surface area contributed by atoms with Gasteiger partial charge in [-0.25, -0.2) is 8.42 Å². The lowest BCUT2D eigenvalue weighted by Gasteiger charge is -2.33. The molecule has 10 heteroatoms. The van der Waals surface area contributed by atoms with Gasteiger partial charge in [-0.15, -0.1) is 0 Å². The lowest BCUT2D eigenvalue weighted by atomic mass is 10.1. The molecule has 0 radical (unpaired) electrons. The van der Waals surface area contributed by atoms with Crippen LogP contribution in [0.15, 0.2) is 71.6 Å². The monoisotopic (exact) mass is 575 g/mol. The van der Waals surface area contributed by atoms with Crippen molar-refractivity contribution in [1.82, 2.24) is 10.2 Å². The third-order valence-electron chi connectivity index (χ3n) is 6.32. The van der Waals surface area contributed by atoms with Gasteiger partial charge in [0, 0.05) is 13.6 Å². The van der Waals surface area contributed by atoms with Crippen LogP contribution in [0.5, 0.6) is 0 Å². The molecule has 0 aromatic heterocycles. The molecule has 3 rings (SSSR count). The summed E-state index contributed by atoms with van der Waals surface area (Å²) in [6.45, 7) is 5.10. The number of carbonyl (C=O) groups is 2. The fourth-order valence-corrected chi connectivity index (χ4v) is 5.97. The Morgan fingerprint density at radius 1 is 0.947 bits per heavy atom. The summed E-state index contributed by atoms with van der Waals surface area (Å²) in [4.78, 5) is 28.2. The number of rotatable bonds is 10. The predicted molar refractivity (Wildman–Crippen MR) is 152 cm³/mol. The van der Waals surface area contributed by atoms with Gasteiger partial charge in [0.1, 0.15) is 12.6 Å². The standard InChI is InChI=1S/C28H31Cl2N3O4S/c1-5-24(28(35)31-4)32(17-21-10-7-6-9-20(21)3)26(34)18-33(25-12-8-11-23(29)27(25)30)38(36,37)22-15-13-19(2)14-16-22/h6-16,24H,5,17-18H2,1-4H3,(H,31,35). The van der Waals surface area contributed by atoms with E-state index in [1.54, 1.807) is 25.1 Å². The maximum Gasteiger partial charge on any atom is 0.264 e. The maximum absolute atomic E-state index is 14.0. The molecule has 1 N–H and O–H groups in total. The van der Waals surface area contributed by atoms with Gasteiger partial charge in [-0.1, -0.05) is 78.2 Å². The molecule has 3 aromatic carbocycles. The first-order chi connectivity index (χ1) is 18.0. The Hall–Kier alpha value is -3.07. The van der Waals surface area contributed by atoms with Crippen molar-refractivity contribution in [3.8, 4) is 0 Å². The first-order valence-electron chi connectivity index (χ1n) is 12.1. The Labute approximate surface area is 234 Å². The minimum Gasteiger partial charge on any atom is -0.357 e. The minimum absolute atomic E-state index is 0.00134. The van der Waals surface area contributed by atoms with Crippen LogP contribution in [0.4, 0.5) is 5.69 Å². The number of nitrogens with one attached hydrogen (secondary N) is 1. The predicted octanol–water partition coefficient (Wildman–Crippen LogP) is 5.36. The second-order valence-corrected chi connectivity index (χ2v) is 11.5. The molecule has 1 unspecified atom stereocenters. The van der Waals surface area contributed by atoms with Crippen molar-refractivity contribution in [3.63, 3.8) is 0 Å². The molecule has 7 nitrogen and oxygen atoms in total. The van der Waals surface area contributed by atoms with Gasteiger partial charge in [0.15, 0.2) is 0 Å². The molecule has 2 amide bonds. The summed E-state index contributed by atoms with van der Waals surface area (Å²) >= 11 is 12.7. The SMILES string of the molecule is CCC(C(=O)NC)N(Cc1ccccc1C)C(=O)CN(c1cccc(Cl)c1Cl)S(=O)(=O)c1ccc(C)cc1. The molecule has 0 saturated carbocycles. The molecule has 3 aromatic rings. The summed E-state index contributed by atoms with van der Waals surface area (Å²) in [6, 6.07) is 17.6. The Kier molecular flexibility index (Phi) is 9.82. The molecular formula is C28H31Cl2N3O4S. The highest BCUT2D eigenvalue weighted by Crippen LogP contribution is 2.35. The molecule has 0 bridgehead atoms. The molecule has 0 aliphatic heterocycles. The molecule has 0 saturated heterocycles. The van der Waals surface area contributed by atoms with E-state index in [1.807, 2.05) is 38.1 Å². The summed E-state index contributed by atoms with van der Waals surface area (Å²) < 4.78 is 28.7. The lowest BCUT2D eigenvalue weighted by Crippen LogP contribution is -2.51. The van der Waals surface area contributed by atoms with Crippen molar-refractivity contribution in [3.05, 3.63) is 93.5 Å². The van der Waals surface area contributed by atoms with Gasteiger partial charge >= 0.3 is 0 Å². The van der Waals surface area contributed by atoms with Crippen LogP contribution in [0.25, 0.3) is 0 Å². The zero-order valence-electron chi connectivity index (χ0n) is 21.7. The van der Waals surface area contributed by atoms with Crippen LogP contribution >= 0.6 is 23.2 Å². The fraction of sp³-hybridized carbons (Fsp3) is 0.286. The van der Waals surface area contributed by atoms with E-state index in [9.17, 15) is 18.0 Å². The number of aryl methyl sites for hydroxylation is 2. The van der Waals surface area contributed by atoms with Gasteiger partial charge in [0.2, 0.25) is 11.8 Å². The number of amides is 2. The van der Waals surface area contributed by atoms with Gasteiger partial charge < -0.3 is 10.2 Å². The summed E-state index contributed by atoms with van der Waals surface area (Å²) in [5.41, 5.74) is 2.74. The highest BCUT2D eigenvalue weighted by Gasteiger charge is 2.34. The number of carbonyl (C=O) groups excluding carboxylic acids is 2. The quantitative estimate of drug-likeness (QED) is 0.352. The number of halogens is 2. The molecule has 38 heavy (non-hydrogen) atoms. The minimum atomic E-state index is -4.24. The van der Waals surface area contributed by atoms with Crippen LogP contribution in [0, 0.1) is 13.8 Å². The molecular weight excluding hydrogens is 545 g/mol. The van der Waals surface area contributed by atoms with Crippen molar-refractivity contribution in [1.29, 1.82) is 0 Å². The summed E-state index contributed by atoms with van der Waals surface area (Å²) in [5, 5.41) is 2.76. The summed E-state index contributed by atoms with van der Waals surface area (Å²) in [6.07, 6.45) is 0.333. The van der Waals surface area contributed by atoms with Gasteiger partial charge in [0.25, 0.3) is 10.0 Å². The van der Waals surface area contributed by atoms with E-state index >= 15 is 0 Å². The van der Waals surface area contributed by atoms with Gasteiger partial charge in [0.05, 0.1) is 20.6 Å². The van der Waals surface area contributed by atoms with Crippen LogP contribution in [0.1, 0.15) is 30.0 Å². The highest BCUT2D eigenvalue weighted by atomic mass is 35.5. The topological polar surface area (TPSA) is 86.8 Å². The van der Waals surface area contributed by atoms with Crippen molar-refractivity contribution in [2.45, 2.75) is 44.7 Å². The van der Waals surface area contributed by atoms with Crippen LogP contribution in [-0.4, -0.2) is 44.8 Å².